The number of aromatic nitrogens is 1. The Kier molecular flexibility index (Phi) is 5.66. The van der Waals surface area contributed by atoms with Crippen LogP contribution in [0.15, 0.2) is 42.5 Å². The van der Waals surface area contributed by atoms with Crippen molar-refractivity contribution in [3.63, 3.8) is 0 Å². The molecule has 132 valence electrons. The average Bonchev–Trinajstić information content (AvgIpc) is 2.98. The zero-order valence-corrected chi connectivity index (χ0v) is 14.9. The smallest absolute Gasteiger partial charge is 0.224 e. The minimum Gasteiger partial charge on any atom is -0.497 e. The fourth-order valence-electron chi connectivity index (χ4n) is 3.13. The Morgan fingerprint density at radius 2 is 2.04 bits per heavy atom. The van der Waals surface area contributed by atoms with Gasteiger partial charge in [0.1, 0.15) is 5.75 Å². The molecule has 1 amide bonds. The van der Waals surface area contributed by atoms with Crippen molar-refractivity contribution in [2.45, 2.75) is 32.4 Å². The molecule has 0 saturated carbocycles. The number of aryl methyl sites for hydroxylation is 1. The molecule has 3 rings (SSSR count). The van der Waals surface area contributed by atoms with E-state index in [1.807, 2.05) is 42.2 Å². The first-order valence-electron chi connectivity index (χ1n) is 8.70. The van der Waals surface area contributed by atoms with Crippen molar-refractivity contribution in [1.82, 2.24) is 15.2 Å². The molecule has 1 aliphatic rings. The molecule has 1 aliphatic heterocycles. The lowest BCUT2D eigenvalue weighted by molar-refractivity contribution is -0.127. The quantitative estimate of drug-likeness (QED) is 0.841. The van der Waals surface area contributed by atoms with Gasteiger partial charge in [0.05, 0.1) is 12.8 Å². The highest BCUT2D eigenvalue weighted by molar-refractivity contribution is 5.79. The molecule has 0 aliphatic carbocycles. The van der Waals surface area contributed by atoms with Crippen molar-refractivity contribution < 1.29 is 9.53 Å². The highest BCUT2D eigenvalue weighted by Gasteiger charge is 2.28. The van der Waals surface area contributed by atoms with Crippen LogP contribution in [0.1, 0.15) is 23.4 Å². The minimum atomic E-state index is 0.200. The molecule has 5 heteroatoms. The van der Waals surface area contributed by atoms with Gasteiger partial charge >= 0.3 is 0 Å². The molecule has 25 heavy (non-hydrogen) atoms. The molecule has 0 bridgehead atoms. The Morgan fingerprint density at radius 1 is 1.24 bits per heavy atom. The fourth-order valence-corrected chi connectivity index (χ4v) is 3.13. The van der Waals surface area contributed by atoms with E-state index in [2.05, 4.69) is 22.4 Å². The number of amides is 1. The number of methoxy groups -OCH3 is 1. The van der Waals surface area contributed by atoms with Crippen LogP contribution in [-0.4, -0.2) is 42.0 Å². The minimum absolute atomic E-state index is 0.200. The zero-order valence-electron chi connectivity index (χ0n) is 14.9. The van der Waals surface area contributed by atoms with Crippen LogP contribution in [0, 0.1) is 6.92 Å². The van der Waals surface area contributed by atoms with Crippen LogP contribution in [0.4, 0.5) is 0 Å². The number of benzene rings is 1. The number of ether oxygens (including phenoxy) is 1. The lowest BCUT2D eigenvalue weighted by Gasteiger charge is -2.17. The number of nitrogens with one attached hydrogen (secondary N) is 1. The molecular formula is C20H25N3O2. The number of pyridine rings is 1. The number of rotatable bonds is 7. The predicted molar refractivity (Wildman–Crippen MR) is 97.5 cm³/mol. The summed E-state index contributed by atoms with van der Waals surface area (Å²) in [5.74, 6) is 1.08. The van der Waals surface area contributed by atoms with Crippen LogP contribution in [0.2, 0.25) is 0 Å². The predicted octanol–water partition coefficient (Wildman–Crippen LogP) is 2.33. The highest BCUT2D eigenvalue weighted by Crippen LogP contribution is 2.15. The number of likely N-dealkylation sites (tertiary alicyclic amines) is 1. The third kappa shape index (κ3) is 4.79. The summed E-state index contributed by atoms with van der Waals surface area (Å²) in [5.41, 5.74) is 3.25. The summed E-state index contributed by atoms with van der Waals surface area (Å²) in [6.07, 6.45) is 1.43. The lowest BCUT2D eigenvalue weighted by Crippen LogP contribution is -2.33. The molecule has 1 aromatic carbocycles. The van der Waals surface area contributed by atoms with E-state index >= 15 is 0 Å². The number of carbonyl (C=O) groups is 1. The van der Waals surface area contributed by atoms with Gasteiger partial charge in [0.25, 0.3) is 0 Å². The molecule has 1 saturated heterocycles. The van der Waals surface area contributed by atoms with Crippen LogP contribution >= 0.6 is 0 Å². The molecule has 1 aromatic heterocycles. The van der Waals surface area contributed by atoms with E-state index in [1.54, 1.807) is 7.11 Å². The van der Waals surface area contributed by atoms with E-state index in [1.165, 1.54) is 5.56 Å². The second-order valence-electron chi connectivity index (χ2n) is 6.49. The van der Waals surface area contributed by atoms with Crippen molar-refractivity contribution in [3.8, 4) is 5.75 Å². The third-order valence-electron chi connectivity index (χ3n) is 4.56. The molecule has 2 heterocycles. The third-order valence-corrected chi connectivity index (χ3v) is 4.56. The molecule has 0 spiro atoms. The van der Waals surface area contributed by atoms with Crippen molar-refractivity contribution in [2.75, 3.05) is 20.2 Å². The van der Waals surface area contributed by atoms with E-state index in [4.69, 9.17) is 4.74 Å². The van der Waals surface area contributed by atoms with Gasteiger partial charge < -0.3 is 15.0 Å². The summed E-state index contributed by atoms with van der Waals surface area (Å²) in [6.45, 7) is 4.21. The van der Waals surface area contributed by atoms with Crippen molar-refractivity contribution in [3.05, 3.63) is 59.4 Å². The molecule has 2 aromatic rings. The van der Waals surface area contributed by atoms with Gasteiger partial charge in [-0.3, -0.25) is 9.78 Å². The molecule has 1 atom stereocenters. The average molecular weight is 339 g/mol. The zero-order chi connectivity index (χ0) is 17.6. The maximum atomic E-state index is 12.2. The summed E-state index contributed by atoms with van der Waals surface area (Å²) >= 11 is 0. The van der Waals surface area contributed by atoms with Gasteiger partial charge in [-0.15, -0.1) is 0 Å². The maximum absolute atomic E-state index is 12.2. The monoisotopic (exact) mass is 339 g/mol. The van der Waals surface area contributed by atoms with Crippen LogP contribution < -0.4 is 10.1 Å². The van der Waals surface area contributed by atoms with E-state index in [-0.39, 0.29) is 11.9 Å². The molecule has 1 fully saturated rings. The second kappa shape index (κ2) is 8.12. The Bertz CT molecular complexity index is 715. The number of hydrogen-bond donors (Lipinski definition) is 1. The molecule has 5 nitrogen and oxygen atoms in total. The largest absolute Gasteiger partial charge is 0.497 e. The highest BCUT2D eigenvalue weighted by atomic mass is 16.5. The van der Waals surface area contributed by atoms with Gasteiger partial charge in [-0.2, -0.15) is 0 Å². The molecular weight excluding hydrogens is 314 g/mol. The Labute approximate surface area is 149 Å². The maximum Gasteiger partial charge on any atom is 0.224 e. The van der Waals surface area contributed by atoms with Gasteiger partial charge in [-0.05, 0) is 43.2 Å². The number of nitrogens with zero attached hydrogens (tertiary/aromatic N) is 2. The van der Waals surface area contributed by atoms with E-state index in [0.29, 0.717) is 13.0 Å². The normalized spacial score (nSPS) is 17.1. The summed E-state index contributed by atoms with van der Waals surface area (Å²) in [6, 6.07) is 14.2. The standard InChI is InChI=1S/C20H25N3O2/c1-15-4-3-5-17(22-15)13-21-18-12-20(24)23(14-18)11-10-16-6-8-19(25-2)9-7-16/h3-9,18,21H,10-14H2,1-2H3. The van der Waals surface area contributed by atoms with Crippen LogP contribution in [0.5, 0.6) is 5.75 Å². The summed E-state index contributed by atoms with van der Waals surface area (Å²) in [4.78, 5) is 18.7. The first-order chi connectivity index (χ1) is 12.1. The Hall–Kier alpha value is -2.40. The van der Waals surface area contributed by atoms with Crippen molar-refractivity contribution in [2.24, 2.45) is 0 Å². The Balaban J connectivity index is 1.46. The first-order valence-corrected chi connectivity index (χ1v) is 8.70. The number of carbonyl (C=O) groups excluding carboxylic acids is 1. The molecule has 1 unspecified atom stereocenters. The van der Waals surface area contributed by atoms with E-state index in [0.717, 1.165) is 36.6 Å². The lowest BCUT2D eigenvalue weighted by atomic mass is 10.1. The van der Waals surface area contributed by atoms with E-state index in [9.17, 15) is 4.79 Å². The fraction of sp³-hybridized carbons (Fsp3) is 0.400. The summed E-state index contributed by atoms with van der Waals surface area (Å²) in [7, 11) is 1.66. The van der Waals surface area contributed by atoms with Gasteiger partial charge in [0, 0.05) is 37.8 Å². The van der Waals surface area contributed by atoms with Gasteiger partial charge in [0.15, 0.2) is 0 Å². The van der Waals surface area contributed by atoms with Crippen LogP contribution in [0.3, 0.4) is 0 Å². The van der Waals surface area contributed by atoms with Crippen LogP contribution in [0.25, 0.3) is 0 Å². The molecule has 1 N–H and O–H groups in total. The second-order valence-corrected chi connectivity index (χ2v) is 6.49. The Morgan fingerprint density at radius 3 is 2.76 bits per heavy atom. The van der Waals surface area contributed by atoms with Gasteiger partial charge in [-0.25, -0.2) is 0 Å². The molecule has 0 radical (unpaired) electrons. The van der Waals surface area contributed by atoms with Crippen LogP contribution in [-0.2, 0) is 17.8 Å². The van der Waals surface area contributed by atoms with Crippen molar-refractivity contribution >= 4 is 5.91 Å². The van der Waals surface area contributed by atoms with Gasteiger partial charge in [0.2, 0.25) is 5.91 Å². The SMILES string of the molecule is COc1ccc(CCN2CC(NCc3cccc(C)n3)CC2=O)cc1. The number of hydrogen-bond acceptors (Lipinski definition) is 4. The van der Waals surface area contributed by atoms with E-state index < -0.39 is 0 Å². The van der Waals surface area contributed by atoms with Crippen molar-refractivity contribution in [1.29, 1.82) is 0 Å². The van der Waals surface area contributed by atoms with Gasteiger partial charge in [-0.1, -0.05) is 18.2 Å². The topological polar surface area (TPSA) is 54.5 Å². The summed E-state index contributed by atoms with van der Waals surface area (Å²) in [5, 5.41) is 3.46. The first kappa shape index (κ1) is 17.4. The summed E-state index contributed by atoms with van der Waals surface area (Å²) < 4.78 is 5.17.